The van der Waals surface area contributed by atoms with Crippen LogP contribution in [-0.2, 0) is 16.1 Å². The highest BCUT2D eigenvalue weighted by Gasteiger charge is 2.13. The van der Waals surface area contributed by atoms with Crippen LogP contribution < -0.4 is 20.3 Å². The van der Waals surface area contributed by atoms with Crippen LogP contribution in [0.4, 0.5) is 21.5 Å². The number of carbonyl (C=O) groups is 1. The Morgan fingerprint density at radius 3 is 2.46 bits per heavy atom. The van der Waals surface area contributed by atoms with Crippen molar-refractivity contribution in [3.05, 3.63) is 94.9 Å². The molecule has 1 amide bonds. The van der Waals surface area contributed by atoms with Gasteiger partial charge in [0.25, 0.3) is 0 Å². The molecule has 1 saturated heterocycles. The van der Waals surface area contributed by atoms with Gasteiger partial charge in [-0.15, -0.1) is 11.3 Å². The summed E-state index contributed by atoms with van der Waals surface area (Å²) in [5.74, 6) is -0.337. The maximum absolute atomic E-state index is 13.4. The number of rotatable bonds is 10. The van der Waals surface area contributed by atoms with Crippen LogP contribution in [0, 0.1) is 5.82 Å². The van der Waals surface area contributed by atoms with Crippen LogP contribution in [0.5, 0.6) is 0 Å². The van der Waals surface area contributed by atoms with E-state index >= 15 is 0 Å². The van der Waals surface area contributed by atoms with Gasteiger partial charge in [0.1, 0.15) is 5.82 Å². The smallest absolute Gasteiger partial charge is 0.239 e. The molecule has 1 aromatic heterocycles. The third-order valence-corrected chi connectivity index (χ3v) is 7.36. The number of anilines is 2. The first-order valence-electron chi connectivity index (χ1n) is 13.1. The van der Waals surface area contributed by atoms with Crippen molar-refractivity contribution in [3.63, 3.8) is 0 Å². The van der Waals surface area contributed by atoms with Crippen molar-refractivity contribution in [3.8, 4) is 11.3 Å². The molecule has 202 valence electrons. The summed E-state index contributed by atoms with van der Waals surface area (Å²) >= 11 is 1.55. The van der Waals surface area contributed by atoms with Crippen LogP contribution >= 0.6 is 11.3 Å². The van der Waals surface area contributed by atoms with E-state index in [4.69, 9.17) is 9.73 Å². The minimum absolute atomic E-state index is 0.0516. The Morgan fingerprint density at radius 1 is 0.974 bits per heavy atom. The summed E-state index contributed by atoms with van der Waals surface area (Å²) in [6.07, 6.45) is 0.739. The second kappa shape index (κ2) is 13.2. The fourth-order valence-electron chi connectivity index (χ4n) is 4.42. The molecule has 1 aliphatic rings. The fraction of sp³-hybridized carbons (Fsp3) is 0.267. The van der Waals surface area contributed by atoms with E-state index in [9.17, 15) is 9.18 Å². The molecule has 39 heavy (non-hydrogen) atoms. The predicted octanol–water partition coefficient (Wildman–Crippen LogP) is 5.04. The van der Waals surface area contributed by atoms with Crippen LogP contribution in [0.2, 0.25) is 0 Å². The lowest BCUT2D eigenvalue weighted by Crippen LogP contribution is -2.36. The zero-order valence-electron chi connectivity index (χ0n) is 21.7. The van der Waals surface area contributed by atoms with E-state index in [1.54, 1.807) is 23.5 Å². The van der Waals surface area contributed by atoms with Crippen molar-refractivity contribution in [2.75, 3.05) is 49.6 Å². The maximum atomic E-state index is 13.4. The van der Waals surface area contributed by atoms with Crippen molar-refractivity contribution >= 4 is 34.3 Å². The molecule has 0 unspecified atom stereocenters. The number of ether oxygens (including phenoxy) is 1. The van der Waals surface area contributed by atoms with Gasteiger partial charge in [-0.3, -0.25) is 4.79 Å². The lowest BCUT2D eigenvalue weighted by atomic mass is 10.1. The highest BCUT2D eigenvalue weighted by atomic mass is 32.1. The number of nitrogens with one attached hydrogen (secondary N) is 2. The summed E-state index contributed by atoms with van der Waals surface area (Å²) in [5.41, 5.74) is 4.96. The first-order valence-corrected chi connectivity index (χ1v) is 14.0. The van der Waals surface area contributed by atoms with Gasteiger partial charge in [-0.25, -0.2) is 9.38 Å². The summed E-state index contributed by atoms with van der Waals surface area (Å²) in [6.45, 7) is 4.73. The molecule has 4 aromatic rings. The van der Waals surface area contributed by atoms with Gasteiger partial charge in [-0.05, 0) is 60.5 Å². The van der Waals surface area contributed by atoms with Gasteiger partial charge in [-0.1, -0.05) is 30.3 Å². The molecule has 0 atom stereocenters. The van der Waals surface area contributed by atoms with E-state index < -0.39 is 0 Å². The van der Waals surface area contributed by atoms with Gasteiger partial charge in [0.15, 0.2) is 4.80 Å². The number of hydrogen-bond acceptors (Lipinski definition) is 6. The summed E-state index contributed by atoms with van der Waals surface area (Å²) in [6, 6.07) is 24.4. The highest BCUT2D eigenvalue weighted by Crippen LogP contribution is 2.25. The maximum Gasteiger partial charge on any atom is 0.239 e. The third-order valence-electron chi connectivity index (χ3n) is 6.50. The van der Waals surface area contributed by atoms with E-state index in [1.807, 2.05) is 30.3 Å². The zero-order valence-corrected chi connectivity index (χ0v) is 22.5. The predicted molar refractivity (Wildman–Crippen MR) is 155 cm³/mol. The molecule has 0 aliphatic carbocycles. The number of amides is 1. The average molecular weight is 546 g/mol. The van der Waals surface area contributed by atoms with E-state index in [0.29, 0.717) is 18.8 Å². The number of morpholine rings is 1. The molecule has 0 bridgehead atoms. The molecule has 0 spiro atoms. The second-order valence-corrected chi connectivity index (χ2v) is 10.0. The molecule has 5 rings (SSSR count). The number of para-hydroxylation sites is 1. The number of benzene rings is 3. The largest absolute Gasteiger partial charge is 0.378 e. The number of thiazole rings is 1. The molecule has 2 heterocycles. The first kappa shape index (κ1) is 26.6. The van der Waals surface area contributed by atoms with Crippen molar-refractivity contribution < 1.29 is 13.9 Å². The molecule has 1 aliphatic heterocycles. The Bertz CT molecular complexity index is 1410. The Balaban J connectivity index is 1.28. The zero-order chi connectivity index (χ0) is 26.9. The van der Waals surface area contributed by atoms with E-state index in [-0.39, 0.29) is 18.3 Å². The van der Waals surface area contributed by atoms with Gasteiger partial charge >= 0.3 is 0 Å². The highest BCUT2D eigenvalue weighted by molar-refractivity contribution is 7.07. The Labute approximate surface area is 231 Å². The Hall–Kier alpha value is -3.95. The molecule has 2 N–H and O–H groups in total. The first-order chi connectivity index (χ1) is 19.2. The topological polar surface area (TPSA) is 70.9 Å². The van der Waals surface area contributed by atoms with Gasteiger partial charge in [0.05, 0.1) is 31.1 Å². The van der Waals surface area contributed by atoms with E-state index in [0.717, 1.165) is 54.5 Å². The molecule has 1 fully saturated rings. The van der Waals surface area contributed by atoms with Crippen molar-refractivity contribution in [2.24, 2.45) is 4.99 Å². The molecule has 9 heteroatoms. The lowest BCUT2D eigenvalue weighted by Gasteiger charge is -2.28. The van der Waals surface area contributed by atoms with E-state index in [1.165, 1.54) is 17.8 Å². The van der Waals surface area contributed by atoms with Gasteiger partial charge < -0.3 is 24.8 Å². The molecule has 0 radical (unpaired) electrons. The van der Waals surface area contributed by atoms with Crippen molar-refractivity contribution in [1.29, 1.82) is 0 Å². The summed E-state index contributed by atoms with van der Waals surface area (Å²) in [5, 5.41) is 8.23. The number of halogens is 1. The summed E-state index contributed by atoms with van der Waals surface area (Å²) in [4.78, 5) is 20.3. The standard InChI is InChI=1S/C30H32FN5O2S/c31-24-9-11-26(12-10-24)34-30-36(16-4-15-32-29(37)21-33-25-5-2-1-3-6-25)28(22-39-30)23-7-13-27(14-8-23)35-17-19-38-20-18-35/h1-3,5-14,22,33H,4,15-21H2,(H,32,37)/b34-30-. The average Bonchev–Trinajstić information content (AvgIpc) is 3.38. The van der Waals surface area contributed by atoms with Crippen molar-refractivity contribution in [2.45, 2.75) is 13.0 Å². The number of carbonyl (C=O) groups excluding carboxylic acids is 1. The fourth-order valence-corrected chi connectivity index (χ4v) is 5.38. The quantitative estimate of drug-likeness (QED) is 0.274. The minimum Gasteiger partial charge on any atom is -0.378 e. The van der Waals surface area contributed by atoms with Crippen LogP contribution in [0.15, 0.2) is 89.2 Å². The van der Waals surface area contributed by atoms with Crippen LogP contribution in [-0.4, -0.2) is 49.9 Å². The summed E-state index contributed by atoms with van der Waals surface area (Å²) in [7, 11) is 0. The Kier molecular flexibility index (Phi) is 9.03. The molecule has 0 saturated carbocycles. The summed E-state index contributed by atoms with van der Waals surface area (Å²) < 4.78 is 21.1. The number of hydrogen-bond donors (Lipinski definition) is 2. The lowest BCUT2D eigenvalue weighted by molar-refractivity contribution is -0.119. The second-order valence-electron chi connectivity index (χ2n) is 9.21. The SMILES string of the molecule is O=C(CNc1ccccc1)NCCCn1c(-c2ccc(N3CCOCC3)cc2)cs/c1=N\c1ccc(F)cc1. The van der Waals surface area contributed by atoms with Crippen molar-refractivity contribution in [1.82, 2.24) is 9.88 Å². The van der Waals surface area contributed by atoms with Crippen LogP contribution in [0.1, 0.15) is 6.42 Å². The monoisotopic (exact) mass is 545 g/mol. The van der Waals surface area contributed by atoms with Gasteiger partial charge in [-0.2, -0.15) is 0 Å². The number of aromatic nitrogens is 1. The molecular formula is C30H32FN5O2S. The van der Waals surface area contributed by atoms with Crippen LogP contribution in [0.25, 0.3) is 11.3 Å². The van der Waals surface area contributed by atoms with E-state index in [2.05, 4.69) is 49.7 Å². The van der Waals surface area contributed by atoms with Gasteiger partial charge in [0.2, 0.25) is 5.91 Å². The number of nitrogens with zero attached hydrogens (tertiary/aromatic N) is 3. The molecular weight excluding hydrogens is 513 g/mol. The van der Waals surface area contributed by atoms with Crippen LogP contribution in [0.3, 0.4) is 0 Å². The minimum atomic E-state index is -0.286. The normalized spacial score (nSPS) is 13.9. The molecule has 7 nitrogen and oxygen atoms in total. The Morgan fingerprint density at radius 2 is 1.72 bits per heavy atom. The third kappa shape index (κ3) is 7.34. The molecule has 3 aromatic carbocycles. The van der Waals surface area contributed by atoms with Gasteiger partial charge in [0, 0.05) is 42.9 Å².